The molecule has 0 heterocycles. The number of carbonyl (C=O) groups is 2. The Hall–Kier alpha value is -3.07. The highest BCUT2D eigenvalue weighted by molar-refractivity contribution is 7.92. The largest absolute Gasteiger partial charge is 0.354 e. The van der Waals surface area contributed by atoms with E-state index in [0.29, 0.717) is 6.54 Å². The van der Waals surface area contributed by atoms with E-state index in [1.807, 2.05) is 67.6 Å². The van der Waals surface area contributed by atoms with E-state index >= 15 is 0 Å². The fourth-order valence-corrected chi connectivity index (χ4v) is 5.49. The third kappa shape index (κ3) is 9.27. The first-order valence-electron chi connectivity index (χ1n) is 12.7. The third-order valence-corrected chi connectivity index (χ3v) is 7.69. The summed E-state index contributed by atoms with van der Waals surface area (Å²) in [6.07, 6.45) is 2.98. The summed E-state index contributed by atoms with van der Waals surface area (Å²) >= 11 is 12.3. The van der Waals surface area contributed by atoms with Crippen LogP contribution in [0.3, 0.4) is 0 Å². The van der Waals surface area contributed by atoms with Gasteiger partial charge in [0.1, 0.15) is 12.6 Å². The quantitative estimate of drug-likeness (QED) is 0.273. The molecular weight excluding hydrogens is 557 g/mol. The van der Waals surface area contributed by atoms with Crippen LogP contribution in [0.1, 0.15) is 30.9 Å². The number of benzene rings is 3. The molecule has 0 aromatic heterocycles. The number of nitrogens with one attached hydrogen (secondary N) is 1. The minimum atomic E-state index is -3.91. The van der Waals surface area contributed by atoms with E-state index < -0.39 is 28.5 Å². The maximum Gasteiger partial charge on any atom is 0.244 e. The molecule has 0 fully saturated rings. The van der Waals surface area contributed by atoms with E-state index in [1.54, 1.807) is 0 Å². The summed E-state index contributed by atoms with van der Waals surface area (Å²) in [5, 5.41) is 3.42. The van der Waals surface area contributed by atoms with Gasteiger partial charge < -0.3 is 10.2 Å². The molecule has 0 aliphatic carbocycles. The van der Waals surface area contributed by atoms with Crippen molar-refractivity contribution in [2.75, 3.05) is 23.7 Å². The smallest absolute Gasteiger partial charge is 0.244 e. The SMILES string of the molecule is CCCCNC(=O)[C@H](Cc1ccccc1)N(Cc1ccccc1)C(=O)CN(c1cc(Cl)cc(Cl)c1)S(C)(=O)=O. The topological polar surface area (TPSA) is 86.8 Å². The van der Waals surface area contributed by atoms with Gasteiger partial charge in [-0.2, -0.15) is 0 Å². The van der Waals surface area contributed by atoms with Crippen LogP contribution in [0, 0.1) is 0 Å². The molecule has 208 valence electrons. The fourth-order valence-electron chi connectivity index (χ4n) is 4.14. The minimum Gasteiger partial charge on any atom is -0.354 e. The second-order valence-corrected chi connectivity index (χ2v) is 12.0. The number of hydrogen-bond acceptors (Lipinski definition) is 4. The van der Waals surface area contributed by atoms with Gasteiger partial charge in [-0.15, -0.1) is 0 Å². The van der Waals surface area contributed by atoms with Gasteiger partial charge in [0.25, 0.3) is 0 Å². The Bertz CT molecular complexity index is 1340. The Labute approximate surface area is 240 Å². The predicted octanol–water partition coefficient (Wildman–Crippen LogP) is 5.32. The zero-order valence-corrected chi connectivity index (χ0v) is 24.3. The molecule has 39 heavy (non-hydrogen) atoms. The Morgan fingerprint density at radius 1 is 0.897 bits per heavy atom. The van der Waals surface area contributed by atoms with Crippen LogP contribution in [-0.2, 0) is 32.6 Å². The first-order chi connectivity index (χ1) is 18.6. The normalized spacial score (nSPS) is 12.0. The van der Waals surface area contributed by atoms with Crippen LogP contribution in [0.2, 0.25) is 10.0 Å². The zero-order valence-electron chi connectivity index (χ0n) is 22.0. The minimum absolute atomic E-state index is 0.117. The lowest BCUT2D eigenvalue weighted by molar-refractivity contribution is -0.140. The molecule has 1 N–H and O–H groups in total. The van der Waals surface area contributed by atoms with E-state index in [2.05, 4.69) is 5.32 Å². The summed E-state index contributed by atoms with van der Waals surface area (Å²) in [7, 11) is -3.91. The Morgan fingerprint density at radius 2 is 1.46 bits per heavy atom. The molecule has 2 amide bonds. The van der Waals surface area contributed by atoms with Gasteiger partial charge in [-0.05, 0) is 35.7 Å². The van der Waals surface area contributed by atoms with Crippen molar-refractivity contribution >= 4 is 50.7 Å². The average Bonchev–Trinajstić information content (AvgIpc) is 2.89. The van der Waals surface area contributed by atoms with Gasteiger partial charge in [-0.3, -0.25) is 13.9 Å². The molecule has 7 nitrogen and oxygen atoms in total. The van der Waals surface area contributed by atoms with E-state index in [-0.39, 0.29) is 34.6 Å². The monoisotopic (exact) mass is 589 g/mol. The first-order valence-corrected chi connectivity index (χ1v) is 15.3. The van der Waals surface area contributed by atoms with Crippen LogP contribution >= 0.6 is 23.2 Å². The second kappa shape index (κ2) is 14.4. The molecule has 1 atom stereocenters. The zero-order chi connectivity index (χ0) is 28.4. The predicted molar refractivity (Wildman–Crippen MR) is 157 cm³/mol. The molecular formula is C29H33Cl2N3O4S. The molecule has 0 aliphatic rings. The number of nitrogens with zero attached hydrogens (tertiary/aromatic N) is 2. The lowest BCUT2D eigenvalue weighted by Crippen LogP contribution is -2.53. The van der Waals surface area contributed by atoms with Crippen molar-refractivity contribution in [3.05, 3.63) is 100 Å². The maximum absolute atomic E-state index is 14.0. The van der Waals surface area contributed by atoms with Crippen molar-refractivity contribution in [2.45, 2.75) is 38.8 Å². The number of rotatable bonds is 13. The lowest BCUT2D eigenvalue weighted by atomic mass is 10.0. The number of anilines is 1. The van der Waals surface area contributed by atoms with Crippen molar-refractivity contribution in [3.8, 4) is 0 Å². The van der Waals surface area contributed by atoms with Gasteiger partial charge >= 0.3 is 0 Å². The van der Waals surface area contributed by atoms with Crippen LogP contribution in [0.5, 0.6) is 0 Å². The molecule has 0 aliphatic heterocycles. The molecule has 0 unspecified atom stereocenters. The van der Waals surface area contributed by atoms with Gasteiger partial charge in [0.15, 0.2) is 0 Å². The molecule has 3 aromatic carbocycles. The number of unbranched alkanes of at least 4 members (excludes halogenated alkanes) is 1. The van der Waals surface area contributed by atoms with Gasteiger partial charge in [0.05, 0.1) is 11.9 Å². The number of hydrogen-bond donors (Lipinski definition) is 1. The van der Waals surface area contributed by atoms with E-state index in [0.717, 1.165) is 34.5 Å². The fraction of sp³-hybridized carbons (Fsp3) is 0.310. The van der Waals surface area contributed by atoms with Crippen LogP contribution in [0.4, 0.5) is 5.69 Å². The van der Waals surface area contributed by atoms with Gasteiger partial charge in [0.2, 0.25) is 21.8 Å². The Balaban J connectivity index is 2.03. The Kier molecular flexibility index (Phi) is 11.2. The van der Waals surface area contributed by atoms with Crippen molar-refractivity contribution in [3.63, 3.8) is 0 Å². The molecule has 0 spiro atoms. The standard InChI is InChI=1S/C29H33Cl2N3O4S/c1-3-4-15-32-29(36)27(16-22-11-7-5-8-12-22)33(20-23-13-9-6-10-14-23)28(35)21-34(39(2,37)38)26-18-24(30)17-25(31)19-26/h5-14,17-19,27H,3-4,15-16,20-21H2,1-2H3,(H,32,36)/t27-/m0/s1. The first kappa shape index (κ1) is 30.5. The molecule has 0 bridgehead atoms. The highest BCUT2D eigenvalue weighted by Gasteiger charge is 2.33. The van der Waals surface area contributed by atoms with Crippen molar-refractivity contribution in [1.29, 1.82) is 0 Å². The van der Waals surface area contributed by atoms with Crippen molar-refractivity contribution in [1.82, 2.24) is 10.2 Å². The van der Waals surface area contributed by atoms with Crippen LogP contribution in [-0.4, -0.2) is 50.5 Å². The summed E-state index contributed by atoms with van der Waals surface area (Å²) in [5.74, 6) is -0.833. The van der Waals surface area contributed by atoms with Crippen LogP contribution in [0.25, 0.3) is 0 Å². The number of carbonyl (C=O) groups excluding carboxylic acids is 2. The summed E-state index contributed by atoms with van der Waals surface area (Å²) in [6, 6.07) is 22.2. The van der Waals surface area contributed by atoms with Crippen molar-refractivity contribution < 1.29 is 18.0 Å². The third-order valence-electron chi connectivity index (χ3n) is 6.11. The molecule has 3 aromatic rings. The summed E-state index contributed by atoms with van der Waals surface area (Å²) in [5.41, 5.74) is 1.84. The molecule has 0 radical (unpaired) electrons. The lowest BCUT2D eigenvalue weighted by Gasteiger charge is -2.33. The average molecular weight is 591 g/mol. The van der Waals surface area contributed by atoms with Crippen LogP contribution in [0.15, 0.2) is 78.9 Å². The second-order valence-electron chi connectivity index (χ2n) is 9.25. The number of sulfonamides is 1. The van der Waals surface area contributed by atoms with E-state index in [9.17, 15) is 18.0 Å². The summed E-state index contributed by atoms with van der Waals surface area (Å²) in [4.78, 5) is 29.0. The van der Waals surface area contributed by atoms with E-state index in [4.69, 9.17) is 23.2 Å². The molecule has 10 heteroatoms. The van der Waals surface area contributed by atoms with Crippen LogP contribution < -0.4 is 9.62 Å². The highest BCUT2D eigenvalue weighted by atomic mass is 35.5. The van der Waals surface area contributed by atoms with E-state index in [1.165, 1.54) is 23.1 Å². The number of halogens is 2. The highest BCUT2D eigenvalue weighted by Crippen LogP contribution is 2.27. The Morgan fingerprint density at radius 3 is 2.00 bits per heavy atom. The summed E-state index contributed by atoms with van der Waals surface area (Å²) < 4.78 is 26.6. The van der Waals surface area contributed by atoms with Gasteiger partial charge in [-0.25, -0.2) is 8.42 Å². The maximum atomic E-state index is 14.0. The molecule has 0 saturated heterocycles. The molecule has 3 rings (SSSR count). The molecule has 0 saturated carbocycles. The van der Waals surface area contributed by atoms with Gasteiger partial charge in [-0.1, -0.05) is 97.2 Å². The summed E-state index contributed by atoms with van der Waals surface area (Å²) in [6.45, 7) is 2.09. The van der Waals surface area contributed by atoms with Gasteiger partial charge in [0, 0.05) is 29.6 Å². The van der Waals surface area contributed by atoms with Crippen molar-refractivity contribution in [2.24, 2.45) is 0 Å². The number of amides is 2.